The number of benzene rings is 1. The number of carbonyl (C=O) groups excluding carboxylic acids is 1. The zero-order chi connectivity index (χ0) is 17.7. The van der Waals surface area contributed by atoms with Gasteiger partial charge in [0.25, 0.3) is 0 Å². The summed E-state index contributed by atoms with van der Waals surface area (Å²) in [5.41, 5.74) is 6.25. The monoisotopic (exact) mass is 332 g/mol. The van der Waals surface area contributed by atoms with Crippen LogP contribution in [0.25, 0.3) is 0 Å². The number of amides is 1. The van der Waals surface area contributed by atoms with Crippen molar-refractivity contribution in [3.05, 3.63) is 29.8 Å². The number of rotatable bonds is 6. The predicted octanol–water partition coefficient (Wildman–Crippen LogP) is 3.20. The highest BCUT2D eigenvalue weighted by molar-refractivity contribution is 5.87. The molecule has 0 saturated carbocycles. The summed E-state index contributed by atoms with van der Waals surface area (Å²) in [6, 6.07) is 7.96. The number of ether oxygens (including phenoxy) is 1. The van der Waals surface area contributed by atoms with Gasteiger partial charge in [0.1, 0.15) is 5.75 Å². The lowest BCUT2D eigenvalue weighted by Gasteiger charge is -2.37. The molecule has 4 nitrogen and oxygen atoms in total. The van der Waals surface area contributed by atoms with E-state index in [1.54, 1.807) is 0 Å². The molecule has 0 aromatic heterocycles. The summed E-state index contributed by atoms with van der Waals surface area (Å²) >= 11 is 0. The molecule has 0 spiro atoms. The molecule has 4 heteroatoms. The van der Waals surface area contributed by atoms with Gasteiger partial charge in [0.2, 0.25) is 5.91 Å². The van der Waals surface area contributed by atoms with E-state index in [0.29, 0.717) is 18.4 Å². The highest BCUT2D eigenvalue weighted by Gasteiger charge is 2.35. The molecule has 1 fully saturated rings. The van der Waals surface area contributed by atoms with E-state index < -0.39 is 5.41 Å². The Morgan fingerprint density at radius 1 is 1.25 bits per heavy atom. The molecule has 0 aliphatic carbocycles. The van der Waals surface area contributed by atoms with Gasteiger partial charge in [-0.1, -0.05) is 26.0 Å². The molecule has 1 aliphatic rings. The first-order valence-electron chi connectivity index (χ1n) is 9.07. The quantitative estimate of drug-likeness (QED) is 0.870. The first kappa shape index (κ1) is 18.8. The number of hydrogen-bond donors (Lipinski definition) is 1. The van der Waals surface area contributed by atoms with E-state index in [-0.39, 0.29) is 5.91 Å². The molecule has 1 saturated heterocycles. The molecule has 0 unspecified atom stereocenters. The Bertz CT molecular complexity index is 529. The number of piperidine rings is 1. The Hall–Kier alpha value is -1.55. The number of nitrogens with two attached hydrogens (primary N) is 1. The smallest absolute Gasteiger partial charge is 0.232 e. The van der Waals surface area contributed by atoms with Gasteiger partial charge < -0.3 is 15.4 Å². The minimum absolute atomic E-state index is 0.203. The molecule has 1 aliphatic heterocycles. The van der Waals surface area contributed by atoms with Crippen molar-refractivity contribution in [3.8, 4) is 5.75 Å². The molecule has 1 heterocycles. The molecule has 1 aromatic carbocycles. The van der Waals surface area contributed by atoms with Crippen LogP contribution in [0.5, 0.6) is 5.75 Å². The average Bonchev–Trinajstić information content (AvgIpc) is 2.59. The van der Waals surface area contributed by atoms with Gasteiger partial charge in [-0.05, 0) is 62.8 Å². The van der Waals surface area contributed by atoms with E-state index in [1.165, 1.54) is 0 Å². The van der Waals surface area contributed by atoms with Gasteiger partial charge in [0, 0.05) is 13.1 Å². The fourth-order valence-electron chi connectivity index (χ4n) is 3.12. The van der Waals surface area contributed by atoms with Gasteiger partial charge in [0.15, 0.2) is 0 Å². The third kappa shape index (κ3) is 4.50. The largest absolute Gasteiger partial charge is 0.493 e. The van der Waals surface area contributed by atoms with Gasteiger partial charge in [0.05, 0.1) is 12.0 Å². The van der Waals surface area contributed by atoms with E-state index in [1.807, 2.05) is 43.0 Å². The second kappa shape index (κ2) is 8.02. The summed E-state index contributed by atoms with van der Waals surface area (Å²) in [6.07, 6.45) is 2.03. The minimum atomic E-state index is -0.522. The predicted molar refractivity (Wildman–Crippen MR) is 98.2 cm³/mol. The van der Waals surface area contributed by atoms with E-state index in [9.17, 15) is 4.79 Å². The van der Waals surface area contributed by atoms with Gasteiger partial charge in [-0.3, -0.25) is 4.79 Å². The molecule has 0 bridgehead atoms. The first-order chi connectivity index (χ1) is 11.3. The van der Waals surface area contributed by atoms with Crippen molar-refractivity contribution in [1.29, 1.82) is 0 Å². The maximum atomic E-state index is 13.0. The minimum Gasteiger partial charge on any atom is -0.493 e. The number of nitrogens with zero attached hydrogens (tertiary/aromatic N) is 1. The van der Waals surface area contributed by atoms with Crippen molar-refractivity contribution in [3.63, 3.8) is 0 Å². The maximum Gasteiger partial charge on any atom is 0.232 e. The van der Waals surface area contributed by atoms with Crippen LogP contribution in [0.1, 0.15) is 46.1 Å². The van der Waals surface area contributed by atoms with Crippen LogP contribution in [0, 0.1) is 11.8 Å². The van der Waals surface area contributed by atoms with Crippen LogP contribution < -0.4 is 10.5 Å². The Kier molecular flexibility index (Phi) is 6.27. The molecule has 1 amide bonds. The number of hydrogen-bond acceptors (Lipinski definition) is 3. The molecule has 134 valence electrons. The van der Waals surface area contributed by atoms with Crippen molar-refractivity contribution < 1.29 is 9.53 Å². The molecule has 0 radical (unpaired) electrons. The summed E-state index contributed by atoms with van der Waals surface area (Å²) in [4.78, 5) is 15.0. The lowest BCUT2D eigenvalue weighted by molar-refractivity contribution is -0.137. The number of carbonyl (C=O) groups is 1. The van der Waals surface area contributed by atoms with Crippen LogP contribution in [0.3, 0.4) is 0 Å². The molecule has 0 atom stereocenters. The molecule has 2 rings (SSSR count). The first-order valence-corrected chi connectivity index (χ1v) is 9.07. The summed E-state index contributed by atoms with van der Waals surface area (Å²) in [6.45, 7) is 11.3. The van der Waals surface area contributed by atoms with Crippen LogP contribution in [-0.2, 0) is 10.2 Å². The maximum absolute atomic E-state index is 13.0. The summed E-state index contributed by atoms with van der Waals surface area (Å²) in [5.74, 6) is 2.13. The summed E-state index contributed by atoms with van der Waals surface area (Å²) in [7, 11) is 0. The van der Waals surface area contributed by atoms with Crippen molar-refractivity contribution in [2.45, 2.75) is 46.0 Å². The van der Waals surface area contributed by atoms with E-state index in [0.717, 1.165) is 43.8 Å². The van der Waals surface area contributed by atoms with Gasteiger partial charge >= 0.3 is 0 Å². The van der Waals surface area contributed by atoms with Crippen molar-refractivity contribution >= 4 is 5.91 Å². The zero-order valence-corrected chi connectivity index (χ0v) is 15.5. The van der Waals surface area contributed by atoms with Gasteiger partial charge in [-0.2, -0.15) is 0 Å². The number of likely N-dealkylation sites (tertiary alicyclic amines) is 1. The van der Waals surface area contributed by atoms with Crippen LogP contribution >= 0.6 is 0 Å². The molecule has 2 N–H and O–H groups in total. The second-order valence-electron chi connectivity index (χ2n) is 7.83. The lowest BCUT2D eigenvalue weighted by Crippen LogP contribution is -2.47. The fourth-order valence-corrected chi connectivity index (χ4v) is 3.12. The Labute approximate surface area is 146 Å². The fraction of sp³-hybridized carbons (Fsp3) is 0.650. The standard InChI is InChI=1S/C20H32N2O2/c1-15(2)14-24-18-7-5-17(6-8-18)20(3,4)19(23)22-11-9-16(13-21)10-12-22/h5-8,15-16H,9-14,21H2,1-4H3. The van der Waals surface area contributed by atoms with Crippen molar-refractivity contribution in [2.75, 3.05) is 26.2 Å². The molecule has 24 heavy (non-hydrogen) atoms. The molecular weight excluding hydrogens is 300 g/mol. The van der Waals surface area contributed by atoms with Crippen molar-refractivity contribution in [2.24, 2.45) is 17.6 Å². The summed E-state index contributed by atoms with van der Waals surface area (Å²) < 4.78 is 5.73. The van der Waals surface area contributed by atoms with E-state index in [2.05, 4.69) is 13.8 Å². The van der Waals surface area contributed by atoms with Crippen LogP contribution in [0.4, 0.5) is 0 Å². The topological polar surface area (TPSA) is 55.6 Å². The Balaban J connectivity index is 2.02. The second-order valence-corrected chi connectivity index (χ2v) is 7.83. The zero-order valence-electron chi connectivity index (χ0n) is 15.5. The van der Waals surface area contributed by atoms with Crippen LogP contribution in [0.2, 0.25) is 0 Å². The molecular formula is C20H32N2O2. The highest BCUT2D eigenvalue weighted by Crippen LogP contribution is 2.29. The van der Waals surface area contributed by atoms with Crippen molar-refractivity contribution in [1.82, 2.24) is 4.90 Å². The van der Waals surface area contributed by atoms with E-state index >= 15 is 0 Å². The SMILES string of the molecule is CC(C)COc1ccc(C(C)(C)C(=O)N2CCC(CN)CC2)cc1. The van der Waals surface area contributed by atoms with E-state index in [4.69, 9.17) is 10.5 Å². The van der Waals surface area contributed by atoms with Gasteiger partial charge in [-0.15, -0.1) is 0 Å². The molecule has 1 aromatic rings. The van der Waals surface area contributed by atoms with Gasteiger partial charge in [-0.25, -0.2) is 0 Å². The normalized spacial score (nSPS) is 16.5. The average molecular weight is 332 g/mol. The highest BCUT2D eigenvalue weighted by atomic mass is 16.5. The van der Waals surface area contributed by atoms with Crippen LogP contribution in [0.15, 0.2) is 24.3 Å². The lowest BCUT2D eigenvalue weighted by atomic mass is 9.82. The third-order valence-electron chi connectivity index (χ3n) is 4.93. The van der Waals surface area contributed by atoms with Crippen LogP contribution in [-0.4, -0.2) is 37.0 Å². The summed E-state index contributed by atoms with van der Waals surface area (Å²) in [5, 5.41) is 0. The third-order valence-corrected chi connectivity index (χ3v) is 4.93. The Morgan fingerprint density at radius 3 is 2.33 bits per heavy atom. The Morgan fingerprint density at radius 2 is 1.83 bits per heavy atom.